The van der Waals surface area contributed by atoms with E-state index in [0.717, 1.165) is 18.7 Å². The molecule has 1 aromatic carbocycles. The molecule has 110 valence electrons. The Balaban J connectivity index is 2.75. The third-order valence-electron chi connectivity index (χ3n) is 2.18. The van der Waals surface area contributed by atoms with Crippen LogP contribution in [0.25, 0.3) is 0 Å². The van der Waals surface area contributed by atoms with Crippen LogP contribution in [0.1, 0.15) is 19.4 Å². The standard InChI is InChI=1S/C11H14Cl2N2OP2S2/c1-11(2,17-19)16-10-6-4-9(5-7-10)8-14-15(3)18(12,13)20/h4-8H,1-3H3/b14-8+. The number of nitrogens with zero attached hydrogens (tertiary/aromatic N) is 2. The van der Waals surface area contributed by atoms with E-state index in [0.29, 0.717) is 0 Å². The summed E-state index contributed by atoms with van der Waals surface area (Å²) in [4.78, 5) is -2.56. The van der Waals surface area contributed by atoms with Gasteiger partial charge in [-0.25, -0.2) is 4.78 Å². The zero-order chi connectivity index (χ0) is 15.4. The molecule has 9 heteroatoms. The molecule has 0 saturated carbocycles. The molecule has 1 aromatic rings. The van der Waals surface area contributed by atoms with E-state index in [1.54, 1.807) is 13.3 Å². The molecule has 0 saturated heterocycles. The maximum Gasteiger partial charge on any atom is 0.222 e. The van der Waals surface area contributed by atoms with Gasteiger partial charge < -0.3 is 4.74 Å². The van der Waals surface area contributed by atoms with E-state index in [9.17, 15) is 0 Å². The fourth-order valence-corrected chi connectivity index (χ4v) is 1.93. The molecule has 0 N–H and O–H groups in total. The number of rotatable bonds is 6. The molecule has 0 radical (unpaired) electrons. The van der Waals surface area contributed by atoms with E-state index in [1.807, 2.05) is 38.1 Å². The first-order valence-corrected chi connectivity index (χ1v) is 12.0. The van der Waals surface area contributed by atoms with Gasteiger partial charge in [0.25, 0.3) is 0 Å². The van der Waals surface area contributed by atoms with E-state index >= 15 is 0 Å². The van der Waals surface area contributed by atoms with Gasteiger partial charge in [0.05, 0.1) is 6.21 Å². The number of hydrogen-bond donors (Lipinski definition) is 0. The van der Waals surface area contributed by atoms with Gasteiger partial charge in [0.1, 0.15) is 5.75 Å². The highest BCUT2D eigenvalue weighted by molar-refractivity contribution is 8.37. The minimum Gasteiger partial charge on any atom is -0.478 e. The van der Waals surface area contributed by atoms with Crippen molar-refractivity contribution in [1.29, 1.82) is 0 Å². The minimum absolute atomic E-state index is 0.380. The highest BCUT2D eigenvalue weighted by Crippen LogP contribution is 2.59. The zero-order valence-electron chi connectivity index (χ0n) is 11.2. The van der Waals surface area contributed by atoms with Gasteiger partial charge in [-0.2, -0.15) is 5.10 Å². The van der Waals surface area contributed by atoms with Crippen LogP contribution < -0.4 is 4.74 Å². The Morgan fingerprint density at radius 3 is 2.35 bits per heavy atom. The second-order valence-electron chi connectivity index (χ2n) is 4.38. The summed E-state index contributed by atoms with van der Waals surface area (Å²) in [5.74, 6) is 0.762. The highest BCUT2D eigenvalue weighted by Gasteiger charge is 2.16. The average molecular weight is 387 g/mol. The van der Waals surface area contributed by atoms with E-state index in [2.05, 4.69) is 5.10 Å². The Morgan fingerprint density at radius 1 is 1.35 bits per heavy atom. The third-order valence-corrected chi connectivity index (χ3v) is 6.83. The van der Waals surface area contributed by atoms with E-state index < -0.39 is 4.89 Å². The van der Waals surface area contributed by atoms with E-state index in [1.165, 1.54) is 4.78 Å². The van der Waals surface area contributed by atoms with Gasteiger partial charge in [-0.15, -0.1) is 0 Å². The van der Waals surface area contributed by atoms with Crippen LogP contribution in [-0.4, -0.2) is 23.4 Å². The number of halogens is 2. The Bertz CT molecular complexity index is 546. The number of hydrogen-bond acceptors (Lipinski definition) is 4. The van der Waals surface area contributed by atoms with Crippen LogP contribution in [0.4, 0.5) is 0 Å². The molecule has 0 heterocycles. The Morgan fingerprint density at radius 2 is 1.90 bits per heavy atom. The highest BCUT2D eigenvalue weighted by atomic mass is 35.9. The van der Waals surface area contributed by atoms with Gasteiger partial charge in [-0.1, -0.05) is 11.8 Å². The summed E-state index contributed by atoms with van der Waals surface area (Å²) >= 11 is 21.6. The molecule has 0 unspecified atom stereocenters. The van der Waals surface area contributed by atoms with Gasteiger partial charge in [-0.3, -0.25) is 0 Å². The molecule has 0 amide bonds. The van der Waals surface area contributed by atoms with Crippen molar-refractivity contribution in [3.05, 3.63) is 29.8 Å². The van der Waals surface area contributed by atoms with Crippen LogP contribution in [0.2, 0.25) is 0 Å². The fraction of sp³-hybridized carbons (Fsp3) is 0.364. The lowest BCUT2D eigenvalue weighted by Crippen LogP contribution is -2.19. The molecular weight excluding hydrogens is 373 g/mol. The smallest absolute Gasteiger partial charge is 0.222 e. The summed E-state index contributed by atoms with van der Waals surface area (Å²) < 4.78 is 7.16. The lowest BCUT2D eigenvalue weighted by Gasteiger charge is -2.20. The normalized spacial score (nSPS) is 12.8. The molecule has 0 spiro atoms. The number of ether oxygens (including phenoxy) is 1. The summed E-state index contributed by atoms with van der Waals surface area (Å²) in [5, 5.41) is 3.74. The summed E-state index contributed by atoms with van der Waals surface area (Å²) in [5.41, 5.74) is 0.898. The molecular formula is C11H14Cl2N2OP2S2. The van der Waals surface area contributed by atoms with E-state index in [4.69, 9.17) is 50.8 Å². The molecule has 3 nitrogen and oxygen atoms in total. The maximum absolute atomic E-state index is 5.84. The van der Waals surface area contributed by atoms with Crippen LogP contribution in [0.3, 0.4) is 0 Å². The summed E-state index contributed by atoms with van der Waals surface area (Å²) in [6, 6.07) is 7.49. The quantitative estimate of drug-likeness (QED) is 0.382. The number of benzene rings is 1. The molecule has 0 aliphatic carbocycles. The largest absolute Gasteiger partial charge is 0.478 e. The number of hydrazone groups is 1. The lowest BCUT2D eigenvalue weighted by atomic mass is 10.2. The van der Waals surface area contributed by atoms with Gasteiger partial charge in [0.2, 0.25) is 4.89 Å². The van der Waals surface area contributed by atoms with Crippen LogP contribution in [0.15, 0.2) is 29.4 Å². The average Bonchev–Trinajstić information content (AvgIpc) is 2.36. The van der Waals surface area contributed by atoms with Crippen LogP contribution in [0.5, 0.6) is 5.75 Å². The Labute approximate surface area is 140 Å². The minimum atomic E-state index is -2.56. The summed E-state index contributed by atoms with van der Waals surface area (Å²) in [7, 11) is 2.41. The van der Waals surface area contributed by atoms with Gasteiger partial charge in [0.15, 0.2) is 5.34 Å². The van der Waals surface area contributed by atoms with Crippen molar-refractivity contribution >= 4 is 64.6 Å². The molecule has 0 bridgehead atoms. The predicted octanol–water partition coefficient (Wildman–Crippen LogP) is 5.18. The van der Waals surface area contributed by atoms with Crippen LogP contribution in [0, 0.1) is 0 Å². The SMILES string of the molecule is CN(/N=C/c1ccc(OC(C)(C)P=S)cc1)P(=S)(Cl)Cl. The van der Waals surface area contributed by atoms with Crippen molar-refractivity contribution in [1.82, 2.24) is 4.78 Å². The van der Waals surface area contributed by atoms with Crippen LogP contribution >= 0.6 is 34.7 Å². The van der Waals surface area contributed by atoms with Crippen molar-refractivity contribution in [3.8, 4) is 5.75 Å². The second kappa shape index (κ2) is 7.49. The monoisotopic (exact) mass is 386 g/mol. The van der Waals surface area contributed by atoms with Crippen molar-refractivity contribution in [2.45, 2.75) is 19.2 Å². The zero-order valence-corrected chi connectivity index (χ0v) is 16.1. The lowest BCUT2D eigenvalue weighted by molar-refractivity contribution is 0.206. The summed E-state index contributed by atoms with van der Waals surface area (Å²) in [6.45, 7) is 3.89. The van der Waals surface area contributed by atoms with Gasteiger partial charge in [0, 0.05) is 14.4 Å². The van der Waals surface area contributed by atoms with Crippen molar-refractivity contribution in [3.63, 3.8) is 0 Å². The molecule has 1 rings (SSSR count). The third kappa shape index (κ3) is 6.34. The first-order chi connectivity index (χ1) is 9.14. The molecule has 0 fully saturated rings. The topological polar surface area (TPSA) is 24.8 Å². The van der Waals surface area contributed by atoms with Crippen LogP contribution in [-0.2, 0) is 23.6 Å². The first kappa shape index (κ1) is 18.3. The second-order valence-corrected chi connectivity index (χ2v) is 13.9. The Hall–Kier alpha value is 0.240. The Kier molecular flexibility index (Phi) is 6.85. The fourth-order valence-electron chi connectivity index (χ4n) is 1.14. The first-order valence-electron chi connectivity index (χ1n) is 5.55. The van der Waals surface area contributed by atoms with Gasteiger partial charge in [-0.05, 0) is 78.0 Å². The van der Waals surface area contributed by atoms with Crippen molar-refractivity contribution in [2.24, 2.45) is 5.10 Å². The molecule has 20 heavy (non-hydrogen) atoms. The van der Waals surface area contributed by atoms with E-state index in [-0.39, 0.29) is 5.34 Å². The van der Waals surface area contributed by atoms with Gasteiger partial charge >= 0.3 is 0 Å². The molecule has 0 aromatic heterocycles. The van der Waals surface area contributed by atoms with Crippen molar-refractivity contribution < 1.29 is 4.74 Å². The van der Waals surface area contributed by atoms with Crippen molar-refractivity contribution in [2.75, 3.05) is 7.05 Å². The summed E-state index contributed by atoms with van der Waals surface area (Å²) in [6.07, 6.45) is 1.64. The maximum atomic E-state index is 5.84. The molecule has 0 atom stereocenters. The molecule has 0 aliphatic rings. The predicted molar refractivity (Wildman–Crippen MR) is 96.8 cm³/mol. The molecule has 0 aliphatic heterocycles.